The van der Waals surface area contributed by atoms with E-state index >= 15 is 0 Å². The standard InChI is InChI=1S/C13H23NO/c1-14-9-7-12(8-10-14)11-15-13-5-3-2-4-6-13/h3,5,12-13H,2,4,6-11H2,1H3. The van der Waals surface area contributed by atoms with E-state index in [-0.39, 0.29) is 0 Å². The maximum absolute atomic E-state index is 5.95. The highest BCUT2D eigenvalue weighted by atomic mass is 16.5. The lowest BCUT2D eigenvalue weighted by Crippen LogP contribution is -2.32. The third-order valence-corrected chi connectivity index (χ3v) is 3.59. The van der Waals surface area contributed by atoms with Crippen LogP contribution in [0.4, 0.5) is 0 Å². The van der Waals surface area contributed by atoms with E-state index in [0.29, 0.717) is 6.10 Å². The lowest BCUT2D eigenvalue weighted by molar-refractivity contribution is 0.0317. The molecular formula is C13H23NO. The van der Waals surface area contributed by atoms with Crippen molar-refractivity contribution < 1.29 is 4.74 Å². The summed E-state index contributed by atoms with van der Waals surface area (Å²) in [7, 11) is 2.21. The van der Waals surface area contributed by atoms with E-state index in [9.17, 15) is 0 Å². The molecule has 0 bridgehead atoms. The van der Waals surface area contributed by atoms with Crippen molar-refractivity contribution in [2.24, 2.45) is 5.92 Å². The molecule has 1 heterocycles. The van der Waals surface area contributed by atoms with Crippen LogP contribution in [0.2, 0.25) is 0 Å². The first kappa shape index (κ1) is 11.2. The fourth-order valence-corrected chi connectivity index (χ4v) is 2.41. The fraction of sp³-hybridized carbons (Fsp3) is 0.846. The van der Waals surface area contributed by atoms with Crippen molar-refractivity contribution in [3.63, 3.8) is 0 Å². The van der Waals surface area contributed by atoms with Crippen LogP contribution in [0.5, 0.6) is 0 Å². The zero-order valence-electron chi connectivity index (χ0n) is 9.82. The predicted molar refractivity (Wildman–Crippen MR) is 63.0 cm³/mol. The third kappa shape index (κ3) is 3.62. The number of hydrogen-bond donors (Lipinski definition) is 0. The van der Waals surface area contributed by atoms with Crippen LogP contribution in [0, 0.1) is 5.92 Å². The van der Waals surface area contributed by atoms with Crippen molar-refractivity contribution in [3.8, 4) is 0 Å². The predicted octanol–water partition coefficient (Wildman–Crippen LogP) is 2.45. The number of ether oxygens (including phenoxy) is 1. The second-order valence-electron chi connectivity index (χ2n) is 4.98. The van der Waals surface area contributed by atoms with Crippen molar-refractivity contribution in [1.82, 2.24) is 4.90 Å². The summed E-state index contributed by atoms with van der Waals surface area (Å²) in [6.07, 6.45) is 11.3. The molecule has 0 saturated carbocycles. The Morgan fingerprint density at radius 3 is 2.73 bits per heavy atom. The van der Waals surface area contributed by atoms with Gasteiger partial charge in [0.05, 0.1) is 12.7 Å². The summed E-state index contributed by atoms with van der Waals surface area (Å²) in [5.41, 5.74) is 0. The number of likely N-dealkylation sites (tertiary alicyclic amines) is 1. The lowest BCUT2D eigenvalue weighted by atomic mass is 9.98. The second-order valence-corrected chi connectivity index (χ2v) is 4.98. The molecule has 0 amide bonds. The first-order valence-electron chi connectivity index (χ1n) is 6.31. The molecule has 0 aromatic carbocycles. The Bertz CT molecular complexity index is 207. The summed E-state index contributed by atoms with van der Waals surface area (Å²) in [6, 6.07) is 0. The number of rotatable bonds is 3. The van der Waals surface area contributed by atoms with E-state index in [1.54, 1.807) is 0 Å². The Labute approximate surface area is 93.3 Å². The van der Waals surface area contributed by atoms with Crippen LogP contribution in [-0.2, 0) is 4.74 Å². The maximum atomic E-state index is 5.95. The summed E-state index contributed by atoms with van der Waals surface area (Å²) >= 11 is 0. The van der Waals surface area contributed by atoms with Crippen LogP contribution in [0.3, 0.4) is 0 Å². The van der Waals surface area contributed by atoms with Crippen LogP contribution in [0.15, 0.2) is 12.2 Å². The lowest BCUT2D eigenvalue weighted by Gasteiger charge is -2.30. The molecule has 15 heavy (non-hydrogen) atoms. The zero-order chi connectivity index (χ0) is 10.5. The normalized spacial score (nSPS) is 29.5. The van der Waals surface area contributed by atoms with Crippen LogP contribution >= 0.6 is 0 Å². The average Bonchev–Trinajstić information content (AvgIpc) is 2.30. The molecule has 1 aliphatic heterocycles. The van der Waals surface area contributed by atoms with E-state index in [4.69, 9.17) is 4.74 Å². The first-order valence-corrected chi connectivity index (χ1v) is 6.31. The SMILES string of the molecule is CN1CCC(COC2C=CCCC2)CC1. The molecule has 0 N–H and O–H groups in total. The average molecular weight is 209 g/mol. The molecule has 86 valence electrons. The molecule has 1 unspecified atom stereocenters. The first-order chi connectivity index (χ1) is 7.34. The molecule has 1 atom stereocenters. The Balaban J connectivity index is 1.64. The summed E-state index contributed by atoms with van der Waals surface area (Å²) in [6.45, 7) is 3.46. The van der Waals surface area contributed by atoms with Crippen molar-refractivity contribution in [2.45, 2.75) is 38.2 Å². The highest BCUT2D eigenvalue weighted by molar-refractivity contribution is 4.94. The van der Waals surface area contributed by atoms with Crippen LogP contribution in [0.25, 0.3) is 0 Å². The molecule has 1 fully saturated rings. The van der Waals surface area contributed by atoms with Crippen molar-refractivity contribution in [1.29, 1.82) is 0 Å². The van der Waals surface area contributed by atoms with Gasteiger partial charge < -0.3 is 9.64 Å². The van der Waals surface area contributed by atoms with Crippen molar-refractivity contribution in [2.75, 3.05) is 26.7 Å². The van der Waals surface area contributed by atoms with Gasteiger partial charge in [-0.1, -0.05) is 12.2 Å². The fourth-order valence-electron chi connectivity index (χ4n) is 2.41. The molecule has 2 rings (SSSR count). The Morgan fingerprint density at radius 2 is 2.07 bits per heavy atom. The Kier molecular flexibility index (Phi) is 4.21. The molecule has 2 nitrogen and oxygen atoms in total. The summed E-state index contributed by atoms with van der Waals surface area (Å²) in [4.78, 5) is 2.41. The van der Waals surface area contributed by atoms with Crippen LogP contribution < -0.4 is 0 Å². The Hall–Kier alpha value is -0.340. The molecule has 1 aliphatic carbocycles. The minimum Gasteiger partial charge on any atom is -0.374 e. The highest BCUT2D eigenvalue weighted by Crippen LogP contribution is 2.19. The quantitative estimate of drug-likeness (QED) is 0.662. The second kappa shape index (κ2) is 5.66. The number of nitrogens with zero attached hydrogens (tertiary/aromatic N) is 1. The summed E-state index contributed by atoms with van der Waals surface area (Å²) in [5.74, 6) is 0.802. The number of allylic oxidation sites excluding steroid dienone is 1. The largest absolute Gasteiger partial charge is 0.374 e. The Morgan fingerprint density at radius 1 is 1.27 bits per heavy atom. The van der Waals surface area contributed by atoms with Gasteiger partial charge >= 0.3 is 0 Å². The summed E-state index contributed by atoms with van der Waals surface area (Å²) < 4.78 is 5.95. The molecule has 0 aromatic heterocycles. The molecule has 0 aromatic rings. The van der Waals surface area contributed by atoms with Crippen LogP contribution in [0.1, 0.15) is 32.1 Å². The van der Waals surface area contributed by atoms with Gasteiger partial charge in [-0.3, -0.25) is 0 Å². The molecule has 0 spiro atoms. The van der Waals surface area contributed by atoms with E-state index in [2.05, 4.69) is 24.1 Å². The molecule has 2 heteroatoms. The third-order valence-electron chi connectivity index (χ3n) is 3.59. The van der Waals surface area contributed by atoms with Crippen molar-refractivity contribution in [3.05, 3.63) is 12.2 Å². The molecule has 1 saturated heterocycles. The van der Waals surface area contributed by atoms with Gasteiger partial charge in [0.1, 0.15) is 0 Å². The maximum Gasteiger partial charge on any atom is 0.0756 e. The minimum absolute atomic E-state index is 0.415. The van der Waals surface area contributed by atoms with Gasteiger partial charge in [0.25, 0.3) is 0 Å². The molecule has 2 aliphatic rings. The summed E-state index contributed by atoms with van der Waals surface area (Å²) in [5, 5.41) is 0. The van der Waals surface area contributed by atoms with Gasteiger partial charge in [-0.15, -0.1) is 0 Å². The monoisotopic (exact) mass is 209 g/mol. The van der Waals surface area contributed by atoms with Gasteiger partial charge in [-0.25, -0.2) is 0 Å². The van der Waals surface area contributed by atoms with Gasteiger partial charge in [-0.05, 0) is 58.2 Å². The van der Waals surface area contributed by atoms with Gasteiger partial charge in [0, 0.05) is 0 Å². The topological polar surface area (TPSA) is 12.5 Å². The molecular weight excluding hydrogens is 186 g/mol. The van der Waals surface area contributed by atoms with Gasteiger partial charge in [0.2, 0.25) is 0 Å². The van der Waals surface area contributed by atoms with Gasteiger partial charge in [0.15, 0.2) is 0 Å². The molecule has 0 radical (unpaired) electrons. The van der Waals surface area contributed by atoms with E-state index in [1.807, 2.05) is 0 Å². The number of piperidine rings is 1. The zero-order valence-corrected chi connectivity index (χ0v) is 9.82. The highest BCUT2D eigenvalue weighted by Gasteiger charge is 2.18. The number of hydrogen-bond acceptors (Lipinski definition) is 2. The van der Waals surface area contributed by atoms with Crippen molar-refractivity contribution >= 4 is 0 Å². The van der Waals surface area contributed by atoms with E-state index in [1.165, 1.54) is 45.2 Å². The van der Waals surface area contributed by atoms with E-state index in [0.717, 1.165) is 12.5 Å². The van der Waals surface area contributed by atoms with Crippen LogP contribution in [-0.4, -0.2) is 37.7 Å². The minimum atomic E-state index is 0.415. The van der Waals surface area contributed by atoms with Gasteiger partial charge in [-0.2, -0.15) is 0 Å². The smallest absolute Gasteiger partial charge is 0.0756 e. The van der Waals surface area contributed by atoms with E-state index < -0.39 is 0 Å².